The van der Waals surface area contributed by atoms with Gasteiger partial charge in [-0.3, -0.25) is 9.36 Å². The van der Waals surface area contributed by atoms with Gasteiger partial charge in [0.25, 0.3) is 11.5 Å². The van der Waals surface area contributed by atoms with Crippen LogP contribution in [0.2, 0.25) is 0 Å². The molecule has 126 valence electrons. The fraction of sp³-hybridized carbons (Fsp3) is 0.412. The monoisotopic (exact) mass is 335 g/mol. The first-order valence-corrected chi connectivity index (χ1v) is 7.87. The SMILES string of the molecule is CNc1cc(=O)n(-c2ccc(F)cc2)c(C2CC3C(C2)C3(F)F)n1. The molecule has 0 spiro atoms. The van der Waals surface area contributed by atoms with Gasteiger partial charge in [-0.05, 0) is 37.1 Å². The van der Waals surface area contributed by atoms with E-state index in [0.29, 0.717) is 30.2 Å². The third-order valence-corrected chi connectivity index (χ3v) is 5.09. The van der Waals surface area contributed by atoms with Crippen LogP contribution in [0.15, 0.2) is 35.1 Å². The number of halogens is 3. The normalized spacial score (nSPS) is 26.9. The predicted molar refractivity (Wildman–Crippen MR) is 83.2 cm³/mol. The molecule has 1 aromatic heterocycles. The minimum Gasteiger partial charge on any atom is -0.373 e. The molecule has 1 aromatic carbocycles. The minimum atomic E-state index is -2.57. The van der Waals surface area contributed by atoms with Crippen molar-refractivity contribution in [3.63, 3.8) is 0 Å². The van der Waals surface area contributed by atoms with Crippen LogP contribution in [-0.2, 0) is 0 Å². The lowest BCUT2D eigenvalue weighted by atomic mass is 10.0. The highest BCUT2D eigenvalue weighted by molar-refractivity contribution is 5.40. The molecule has 2 aliphatic carbocycles. The summed E-state index contributed by atoms with van der Waals surface area (Å²) >= 11 is 0. The van der Waals surface area contributed by atoms with Gasteiger partial charge in [-0.25, -0.2) is 18.2 Å². The van der Waals surface area contributed by atoms with Crippen LogP contribution in [0.1, 0.15) is 24.6 Å². The molecule has 4 rings (SSSR count). The second-order valence-electron chi connectivity index (χ2n) is 6.46. The van der Waals surface area contributed by atoms with Crippen molar-refractivity contribution in [1.82, 2.24) is 9.55 Å². The second-order valence-corrected chi connectivity index (χ2v) is 6.46. The highest BCUT2D eigenvalue weighted by Crippen LogP contribution is 2.67. The van der Waals surface area contributed by atoms with Gasteiger partial charge >= 0.3 is 0 Å². The van der Waals surface area contributed by atoms with E-state index in [1.165, 1.54) is 34.9 Å². The first-order valence-electron chi connectivity index (χ1n) is 7.87. The lowest BCUT2D eigenvalue weighted by Crippen LogP contribution is -2.26. The fourth-order valence-corrected chi connectivity index (χ4v) is 3.78. The van der Waals surface area contributed by atoms with Crippen molar-refractivity contribution in [3.8, 4) is 5.69 Å². The van der Waals surface area contributed by atoms with E-state index in [2.05, 4.69) is 10.3 Å². The molecule has 1 N–H and O–H groups in total. The lowest BCUT2D eigenvalue weighted by molar-refractivity contribution is 0.0689. The number of rotatable bonds is 3. The minimum absolute atomic E-state index is 0.203. The molecular weight excluding hydrogens is 319 g/mol. The summed E-state index contributed by atoms with van der Waals surface area (Å²) in [5.74, 6) is -3.54. The zero-order chi connectivity index (χ0) is 17.1. The van der Waals surface area contributed by atoms with E-state index in [1.807, 2.05) is 0 Å². The number of fused-ring (bicyclic) bond motifs is 1. The third kappa shape index (κ3) is 2.22. The van der Waals surface area contributed by atoms with Gasteiger partial charge in [0.15, 0.2) is 0 Å². The van der Waals surface area contributed by atoms with E-state index >= 15 is 0 Å². The molecule has 0 radical (unpaired) electrons. The van der Waals surface area contributed by atoms with Gasteiger partial charge < -0.3 is 5.32 Å². The maximum atomic E-state index is 13.5. The van der Waals surface area contributed by atoms with Crippen molar-refractivity contribution in [2.75, 3.05) is 12.4 Å². The molecule has 2 unspecified atom stereocenters. The van der Waals surface area contributed by atoms with Crippen LogP contribution in [0.4, 0.5) is 19.0 Å². The Bertz CT molecular complexity index is 833. The summed E-state index contributed by atoms with van der Waals surface area (Å²) in [5.41, 5.74) is 0.169. The first-order chi connectivity index (χ1) is 11.4. The first kappa shape index (κ1) is 15.2. The molecule has 0 bridgehead atoms. The Labute approximate surface area is 136 Å². The average Bonchev–Trinajstić information content (AvgIpc) is 2.92. The van der Waals surface area contributed by atoms with E-state index in [0.717, 1.165) is 0 Å². The number of hydrogen-bond donors (Lipinski definition) is 1. The molecule has 0 amide bonds. The summed E-state index contributed by atoms with van der Waals surface area (Å²) in [6.07, 6.45) is 0.636. The van der Waals surface area contributed by atoms with Gasteiger partial charge in [0, 0.05) is 30.9 Å². The van der Waals surface area contributed by atoms with Gasteiger partial charge in [-0.15, -0.1) is 0 Å². The number of alkyl halides is 2. The largest absolute Gasteiger partial charge is 0.373 e. The molecule has 1 heterocycles. The molecule has 2 aliphatic rings. The Morgan fingerprint density at radius 1 is 1.21 bits per heavy atom. The number of benzene rings is 1. The van der Waals surface area contributed by atoms with Crippen molar-refractivity contribution < 1.29 is 13.2 Å². The zero-order valence-corrected chi connectivity index (χ0v) is 13.0. The van der Waals surface area contributed by atoms with Gasteiger partial charge in [-0.2, -0.15) is 0 Å². The number of nitrogens with one attached hydrogen (secondary N) is 1. The molecular formula is C17H16F3N3O. The molecule has 0 saturated heterocycles. The summed E-state index contributed by atoms with van der Waals surface area (Å²) in [5, 5.41) is 2.83. The Morgan fingerprint density at radius 3 is 2.42 bits per heavy atom. The average molecular weight is 335 g/mol. The third-order valence-electron chi connectivity index (χ3n) is 5.09. The van der Waals surface area contributed by atoms with Crippen LogP contribution < -0.4 is 10.9 Å². The van der Waals surface area contributed by atoms with Crippen LogP contribution in [0, 0.1) is 17.7 Å². The summed E-state index contributed by atoms with van der Waals surface area (Å²) in [6, 6.07) is 6.85. The molecule has 24 heavy (non-hydrogen) atoms. The molecule has 2 aromatic rings. The quantitative estimate of drug-likeness (QED) is 0.937. The summed E-state index contributed by atoms with van der Waals surface area (Å²) in [7, 11) is 1.65. The predicted octanol–water partition coefficient (Wildman–Crippen LogP) is 3.17. The van der Waals surface area contributed by atoms with Crippen LogP contribution in [-0.4, -0.2) is 22.5 Å². The Hall–Kier alpha value is -2.31. The molecule has 0 aliphatic heterocycles. The topological polar surface area (TPSA) is 46.9 Å². The molecule has 4 nitrogen and oxygen atoms in total. The molecule has 2 saturated carbocycles. The van der Waals surface area contributed by atoms with Crippen molar-refractivity contribution in [2.24, 2.45) is 11.8 Å². The van der Waals surface area contributed by atoms with Gasteiger partial charge in [0.05, 0.1) is 5.69 Å². The van der Waals surface area contributed by atoms with E-state index in [9.17, 15) is 18.0 Å². The lowest BCUT2D eigenvalue weighted by Gasteiger charge is -2.20. The van der Waals surface area contributed by atoms with Crippen molar-refractivity contribution in [2.45, 2.75) is 24.7 Å². The standard InChI is InChI=1S/C17H16F3N3O/c1-21-14-8-15(24)23(11-4-2-10(18)3-5-11)16(22-14)9-6-12-13(7-9)17(12,19)20/h2-5,8-9,12-13,21H,6-7H2,1H3. The van der Waals surface area contributed by atoms with Crippen molar-refractivity contribution >= 4 is 5.82 Å². The van der Waals surface area contributed by atoms with E-state index in [1.54, 1.807) is 7.05 Å². The van der Waals surface area contributed by atoms with Crippen LogP contribution >= 0.6 is 0 Å². The highest BCUT2D eigenvalue weighted by atomic mass is 19.3. The second kappa shape index (κ2) is 5.09. The summed E-state index contributed by atoms with van der Waals surface area (Å²) in [6.45, 7) is 0. The molecule has 2 fully saturated rings. The Balaban J connectivity index is 1.79. The van der Waals surface area contributed by atoms with E-state index in [-0.39, 0.29) is 11.5 Å². The zero-order valence-electron chi connectivity index (χ0n) is 13.0. The smallest absolute Gasteiger partial charge is 0.260 e. The Morgan fingerprint density at radius 2 is 1.83 bits per heavy atom. The molecule has 2 atom stereocenters. The summed E-state index contributed by atoms with van der Waals surface area (Å²) < 4.78 is 41.5. The molecule has 7 heteroatoms. The van der Waals surface area contributed by atoms with E-state index in [4.69, 9.17) is 0 Å². The number of nitrogens with zero attached hydrogens (tertiary/aromatic N) is 2. The summed E-state index contributed by atoms with van der Waals surface area (Å²) in [4.78, 5) is 17.0. The van der Waals surface area contributed by atoms with Crippen molar-refractivity contribution in [3.05, 3.63) is 52.3 Å². The maximum Gasteiger partial charge on any atom is 0.260 e. The van der Waals surface area contributed by atoms with E-state index < -0.39 is 23.6 Å². The maximum absolute atomic E-state index is 13.5. The van der Waals surface area contributed by atoms with Crippen LogP contribution in [0.5, 0.6) is 0 Å². The van der Waals surface area contributed by atoms with Gasteiger partial charge in [-0.1, -0.05) is 0 Å². The van der Waals surface area contributed by atoms with Crippen LogP contribution in [0.25, 0.3) is 5.69 Å². The fourth-order valence-electron chi connectivity index (χ4n) is 3.78. The van der Waals surface area contributed by atoms with Gasteiger partial charge in [0.2, 0.25) is 0 Å². The number of hydrogen-bond acceptors (Lipinski definition) is 3. The highest BCUT2D eigenvalue weighted by Gasteiger charge is 2.71. The number of anilines is 1. The van der Waals surface area contributed by atoms with Crippen molar-refractivity contribution in [1.29, 1.82) is 0 Å². The van der Waals surface area contributed by atoms with Crippen LogP contribution in [0.3, 0.4) is 0 Å². The number of aromatic nitrogens is 2. The van der Waals surface area contributed by atoms with Gasteiger partial charge in [0.1, 0.15) is 17.5 Å². The Kier molecular flexibility index (Phi) is 3.23.